The maximum absolute atomic E-state index is 12.2. The molecule has 20 heavy (non-hydrogen) atoms. The van der Waals surface area contributed by atoms with E-state index in [2.05, 4.69) is 19.9 Å². The molecule has 1 unspecified atom stereocenters. The molecule has 108 valence electrons. The highest BCUT2D eigenvalue weighted by molar-refractivity contribution is 5.88. The molecule has 1 heterocycles. The number of carbonyl (C=O) groups excluding carboxylic acids is 1. The number of benzene rings is 1. The van der Waals surface area contributed by atoms with Gasteiger partial charge >= 0.3 is 0 Å². The molecule has 0 saturated heterocycles. The van der Waals surface area contributed by atoms with Crippen LogP contribution in [0.2, 0.25) is 0 Å². The molecule has 0 aliphatic rings. The smallest absolute Gasteiger partial charge is 0.227 e. The first kappa shape index (κ1) is 14.6. The molecule has 1 aromatic carbocycles. The van der Waals surface area contributed by atoms with Crippen LogP contribution in [0.1, 0.15) is 23.6 Å². The number of amides is 1. The number of carbonyl (C=O) groups is 1. The zero-order valence-corrected chi connectivity index (χ0v) is 12.6. The van der Waals surface area contributed by atoms with Gasteiger partial charge in [-0.25, -0.2) is 0 Å². The zero-order chi connectivity index (χ0) is 14.9. The number of aryl methyl sites for hydroxylation is 2. The summed E-state index contributed by atoms with van der Waals surface area (Å²) in [4.78, 5) is 13.9. The second-order valence-corrected chi connectivity index (χ2v) is 5.46. The molecule has 0 saturated carbocycles. The van der Waals surface area contributed by atoms with E-state index in [0.29, 0.717) is 13.0 Å². The van der Waals surface area contributed by atoms with Crippen molar-refractivity contribution in [1.29, 1.82) is 0 Å². The highest BCUT2D eigenvalue weighted by Crippen LogP contribution is 2.25. The van der Waals surface area contributed by atoms with Crippen molar-refractivity contribution in [3.63, 3.8) is 0 Å². The number of furan rings is 1. The Morgan fingerprint density at radius 1 is 1.35 bits per heavy atom. The quantitative estimate of drug-likeness (QED) is 0.931. The Hall–Kier alpha value is -1.81. The molecule has 0 bridgehead atoms. The lowest BCUT2D eigenvalue weighted by atomic mass is 10.0. The fourth-order valence-electron chi connectivity index (χ4n) is 2.16. The van der Waals surface area contributed by atoms with Crippen LogP contribution in [0.4, 0.5) is 0 Å². The van der Waals surface area contributed by atoms with Crippen molar-refractivity contribution >= 4 is 16.9 Å². The second-order valence-electron chi connectivity index (χ2n) is 5.46. The van der Waals surface area contributed by atoms with Gasteiger partial charge in [0.1, 0.15) is 5.58 Å². The van der Waals surface area contributed by atoms with E-state index < -0.39 is 0 Å². The van der Waals surface area contributed by atoms with Crippen LogP contribution in [0.25, 0.3) is 11.0 Å². The Kier molecular flexibility index (Phi) is 4.14. The van der Waals surface area contributed by atoms with Crippen molar-refractivity contribution in [2.45, 2.75) is 33.2 Å². The SMILES string of the molecule is Cc1cc2occ(CC(=O)N(C)C(C)CN)c2cc1C. The Morgan fingerprint density at radius 3 is 2.65 bits per heavy atom. The summed E-state index contributed by atoms with van der Waals surface area (Å²) in [5.74, 6) is 0.0591. The first-order valence-electron chi connectivity index (χ1n) is 6.87. The van der Waals surface area contributed by atoms with Crippen LogP contribution in [0.15, 0.2) is 22.8 Å². The molecule has 0 aliphatic heterocycles. The number of fused-ring (bicyclic) bond motifs is 1. The van der Waals surface area contributed by atoms with E-state index in [1.165, 1.54) is 11.1 Å². The normalized spacial score (nSPS) is 12.7. The molecule has 0 spiro atoms. The number of hydrogen-bond acceptors (Lipinski definition) is 3. The van der Waals surface area contributed by atoms with E-state index in [4.69, 9.17) is 10.2 Å². The number of likely N-dealkylation sites (N-methyl/N-ethyl adjacent to an activating group) is 1. The fraction of sp³-hybridized carbons (Fsp3) is 0.438. The van der Waals surface area contributed by atoms with Gasteiger partial charge in [-0.05, 0) is 44.0 Å². The molecule has 4 heteroatoms. The molecule has 2 rings (SSSR count). The van der Waals surface area contributed by atoms with Gasteiger partial charge in [0.2, 0.25) is 5.91 Å². The molecule has 1 amide bonds. The van der Waals surface area contributed by atoms with Crippen LogP contribution in [0, 0.1) is 13.8 Å². The molecule has 2 aromatic rings. The highest BCUT2D eigenvalue weighted by atomic mass is 16.3. The largest absolute Gasteiger partial charge is 0.464 e. The first-order chi connectivity index (χ1) is 9.43. The number of nitrogens with two attached hydrogens (primary N) is 1. The Bertz CT molecular complexity index is 631. The summed E-state index contributed by atoms with van der Waals surface area (Å²) in [6, 6.07) is 4.15. The maximum atomic E-state index is 12.2. The summed E-state index contributed by atoms with van der Waals surface area (Å²) in [6.45, 7) is 6.53. The summed E-state index contributed by atoms with van der Waals surface area (Å²) in [5, 5.41) is 1.02. The van der Waals surface area contributed by atoms with Crippen molar-refractivity contribution in [3.8, 4) is 0 Å². The van der Waals surface area contributed by atoms with Crippen molar-refractivity contribution < 1.29 is 9.21 Å². The van der Waals surface area contributed by atoms with Gasteiger partial charge in [0.05, 0.1) is 12.7 Å². The average molecular weight is 274 g/mol. The summed E-state index contributed by atoms with van der Waals surface area (Å²) in [7, 11) is 1.79. The number of hydrogen-bond donors (Lipinski definition) is 1. The van der Waals surface area contributed by atoms with Crippen LogP contribution in [0.5, 0.6) is 0 Å². The molecule has 2 N–H and O–H groups in total. The molecule has 0 radical (unpaired) electrons. The van der Waals surface area contributed by atoms with E-state index >= 15 is 0 Å². The topological polar surface area (TPSA) is 59.5 Å². The molecular formula is C16H22N2O2. The summed E-state index contributed by atoms with van der Waals surface area (Å²) in [5.41, 5.74) is 9.77. The Labute approximate surface area is 119 Å². The summed E-state index contributed by atoms with van der Waals surface area (Å²) < 4.78 is 5.56. The molecule has 0 fully saturated rings. The molecular weight excluding hydrogens is 252 g/mol. The van der Waals surface area contributed by atoms with Crippen LogP contribution < -0.4 is 5.73 Å². The van der Waals surface area contributed by atoms with Gasteiger partial charge in [0, 0.05) is 30.6 Å². The van der Waals surface area contributed by atoms with E-state index in [1.54, 1.807) is 18.2 Å². The van der Waals surface area contributed by atoms with E-state index in [0.717, 1.165) is 16.5 Å². The van der Waals surface area contributed by atoms with Crippen molar-refractivity contribution in [1.82, 2.24) is 4.90 Å². The van der Waals surface area contributed by atoms with Gasteiger partial charge in [0.15, 0.2) is 0 Å². The summed E-state index contributed by atoms with van der Waals surface area (Å²) in [6.07, 6.45) is 2.03. The predicted octanol–water partition coefficient (Wildman–Crippen LogP) is 2.40. The van der Waals surface area contributed by atoms with Crippen LogP contribution in [0.3, 0.4) is 0 Å². The summed E-state index contributed by atoms with van der Waals surface area (Å²) >= 11 is 0. The van der Waals surface area contributed by atoms with E-state index in [1.807, 2.05) is 13.0 Å². The Morgan fingerprint density at radius 2 is 2.00 bits per heavy atom. The van der Waals surface area contributed by atoms with Gasteiger partial charge < -0.3 is 15.1 Å². The van der Waals surface area contributed by atoms with Crippen molar-refractivity contribution in [2.24, 2.45) is 5.73 Å². The predicted molar refractivity (Wildman–Crippen MR) is 80.7 cm³/mol. The third-order valence-electron chi connectivity index (χ3n) is 4.01. The van der Waals surface area contributed by atoms with Gasteiger partial charge in [-0.3, -0.25) is 4.79 Å². The average Bonchev–Trinajstić information content (AvgIpc) is 2.80. The van der Waals surface area contributed by atoms with Gasteiger partial charge in [-0.2, -0.15) is 0 Å². The molecule has 1 aromatic heterocycles. The van der Waals surface area contributed by atoms with Crippen molar-refractivity contribution in [3.05, 3.63) is 35.1 Å². The molecule has 4 nitrogen and oxygen atoms in total. The monoisotopic (exact) mass is 274 g/mol. The maximum Gasteiger partial charge on any atom is 0.227 e. The molecule has 1 atom stereocenters. The Balaban J connectivity index is 2.26. The first-order valence-corrected chi connectivity index (χ1v) is 6.87. The lowest BCUT2D eigenvalue weighted by Crippen LogP contribution is -2.40. The van der Waals surface area contributed by atoms with Crippen LogP contribution in [-0.2, 0) is 11.2 Å². The molecule has 0 aliphatic carbocycles. The second kappa shape index (κ2) is 5.67. The fourth-order valence-corrected chi connectivity index (χ4v) is 2.16. The minimum absolute atomic E-state index is 0.0460. The minimum atomic E-state index is 0.0460. The lowest BCUT2D eigenvalue weighted by Gasteiger charge is -2.23. The lowest BCUT2D eigenvalue weighted by molar-refractivity contribution is -0.130. The van der Waals surface area contributed by atoms with E-state index in [9.17, 15) is 4.79 Å². The van der Waals surface area contributed by atoms with Gasteiger partial charge in [0.25, 0.3) is 0 Å². The van der Waals surface area contributed by atoms with Gasteiger partial charge in [-0.1, -0.05) is 0 Å². The van der Waals surface area contributed by atoms with Crippen LogP contribution in [-0.4, -0.2) is 30.4 Å². The third-order valence-corrected chi connectivity index (χ3v) is 4.01. The van der Waals surface area contributed by atoms with Crippen molar-refractivity contribution in [2.75, 3.05) is 13.6 Å². The standard InChI is InChI=1S/C16H22N2O2/c1-10-5-14-13(9-20-15(14)6-11(10)2)7-16(19)18(4)12(3)8-17/h5-6,9,12H,7-8,17H2,1-4H3. The number of nitrogens with zero attached hydrogens (tertiary/aromatic N) is 1. The zero-order valence-electron chi connectivity index (χ0n) is 12.6. The highest BCUT2D eigenvalue weighted by Gasteiger charge is 2.17. The third kappa shape index (κ3) is 2.70. The van der Waals surface area contributed by atoms with Crippen LogP contribution >= 0.6 is 0 Å². The minimum Gasteiger partial charge on any atom is -0.464 e. The van der Waals surface area contributed by atoms with Gasteiger partial charge in [-0.15, -0.1) is 0 Å². The number of rotatable bonds is 4. The van der Waals surface area contributed by atoms with E-state index in [-0.39, 0.29) is 11.9 Å².